The number of anilines is 1. The van der Waals surface area contributed by atoms with Crippen molar-refractivity contribution in [2.45, 2.75) is 26.2 Å². The summed E-state index contributed by atoms with van der Waals surface area (Å²) in [5, 5.41) is 10.3. The summed E-state index contributed by atoms with van der Waals surface area (Å²) >= 11 is 0. The zero-order valence-electron chi connectivity index (χ0n) is 12.9. The number of carbonyl (C=O) groups is 1. The summed E-state index contributed by atoms with van der Waals surface area (Å²) in [5.74, 6) is 1.33. The molecule has 1 aromatic carbocycles. The van der Waals surface area contributed by atoms with Gasteiger partial charge in [0.25, 0.3) is 5.89 Å². The molecule has 1 amide bonds. The van der Waals surface area contributed by atoms with Crippen molar-refractivity contribution in [3.63, 3.8) is 0 Å². The van der Waals surface area contributed by atoms with Crippen LogP contribution in [0.1, 0.15) is 26.2 Å². The highest BCUT2D eigenvalue weighted by Gasteiger charge is 2.16. The first-order chi connectivity index (χ1) is 10.7. The van der Waals surface area contributed by atoms with Gasteiger partial charge in [-0.3, -0.25) is 10.1 Å². The maximum atomic E-state index is 11.7. The number of hydrogen-bond donors (Lipinski definition) is 1. The Kier molecular flexibility index (Phi) is 5.35. The molecule has 22 heavy (non-hydrogen) atoms. The Hall–Kier alpha value is -2.57. The molecule has 0 radical (unpaired) electrons. The van der Waals surface area contributed by atoms with E-state index in [0.717, 1.165) is 12.8 Å². The Labute approximate surface area is 128 Å². The second-order valence-electron chi connectivity index (χ2n) is 4.63. The van der Waals surface area contributed by atoms with Gasteiger partial charge in [0, 0.05) is 6.42 Å². The van der Waals surface area contributed by atoms with Gasteiger partial charge in [-0.2, -0.15) is 0 Å². The molecule has 2 aromatic rings. The Balaban J connectivity index is 2.19. The number of nitrogens with one attached hydrogen (secondary N) is 1. The van der Waals surface area contributed by atoms with Crippen molar-refractivity contribution >= 4 is 11.9 Å². The van der Waals surface area contributed by atoms with Crippen molar-refractivity contribution < 1.29 is 18.7 Å². The number of methoxy groups -OCH3 is 2. The van der Waals surface area contributed by atoms with Gasteiger partial charge in [-0.1, -0.05) is 18.4 Å². The zero-order valence-corrected chi connectivity index (χ0v) is 12.9. The summed E-state index contributed by atoms with van der Waals surface area (Å²) < 4.78 is 15.9. The molecule has 1 aromatic heterocycles. The van der Waals surface area contributed by atoms with E-state index in [9.17, 15) is 4.79 Å². The van der Waals surface area contributed by atoms with Crippen LogP contribution in [-0.4, -0.2) is 30.3 Å². The SMILES string of the molecule is CCCCC(=O)Nc1nnc(-c2cc(OC)ccc2OC)o1. The van der Waals surface area contributed by atoms with Gasteiger partial charge < -0.3 is 13.9 Å². The molecule has 0 aliphatic heterocycles. The Morgan fingerprint density at radius 1 is 1.27 bits per heavy atom. The molecular weight excluding hydrogens is 286 g/mol. The molecule has 0 spiro atoms. The summed E-state index contributed by atoms with van der Waals surface area (Å²) in [6.07, 6.45) is 2.19. The van der Waals surface area contributed by atoms with Crippen molar-refractivity contribution in [2.24, 2.45) is 0 Å². The van der Waals surface area contributed by atoms with Crippen LogP contribution in [0.5, 0.6) is 11.5 Å². The van der Waals surface area contributed by atoms with Crippen LogP contribution in [0.3, 0.4) is 0 Å². The third-order valence-corrected chi connectivity index (χ3v) is 3.07. The van der Waals surface area contributed by atoms with E-state index in [0.29, 0.717) is 23.5 Å². The van der Waals surface area contributed by atoms with Crippen molar-refractivity contribution in [1.82, 2.24) is 10.2 Å². The van der Waals surface area contributed by atoms with E-state index in [1.54, 1.807) is 32.4 Å². The first kappa shape index (κ1) is 15.8. The van der Waals surface area contributed by atoms with E-state index >= 15 is 0 Å². The Bertz CT molecular complexity index is 639. The number of carbonyl (C=O) groups excluding carboxylic acids is 1. The van der Waals surface area contributed by atoms with Crippen LogP contribution < -0.4 is 14.8 Å². The molecule has 2 rings (SSSR count). The molecule has 7 nitrogen and oxygen atoms in total. The molecule has 1 heterocycles. The zero-order chi connectivity index (χ0) is 15.9. The fourth-order valence-corrected chi connectivity index (χ4v) is 1.88. The fraction of sp³-hybridized carbons (Fsp3) is 0.400. The minimum Gasteiger partial charge on any atom is -0.497 e. The van der Waals surface area contributed by atoms with Gasteiger partial charge >= 0.3 is 6.01 Å². The lowest BCUT2D eigenvalue weighted by atomic mass is 10.2. The minimum atomic E-state index is -0.144. The first-order valence-corrected chi connectivity index (χ1v) is 7.03. The molecule has 0 saturated carbocycles. The smallest absolute Gasteiger partial charge is 0.322 e. The Morgan fingerprint density at radius 3 is 2.77 bits per heavy atom. The van der Waals surface area contributed by atoms with Gasteiger partial charge in [-0.25, -0.2) is 0 Å². The van der Waals surface area contributed by atoms with Crippen molar-refractivity contribution in [3.05, 3.63) is 18.2 Å². The van der Waals surface area contributed by atoms with E-state index in [4.69, 9.17) is 13.9 Å². The predicted octanol–water partition coefficient (Wildman–Crippen LogP) is 2.88. The average Bonchev–Trinajstić information content (AvgIpc) is 3.00. The van der Waals surface area contributed by atoms with Crippen molar-refractivity contribution in [1.29, 1.82) is 0 Å². The third kappa shape index (κ3) is 3.75. The molecule has 0 saturated heterocycles. The number of amides is 1. The van der Waals surface area contributed by atoms with Crippen LogP contribution in [0.25, 0.3) is 11.5 Å². The second kappa shape index (κ2) is 7.44. The lowest BCUT2D eigenvalue weighted by molar-refractivity contribution is -0.116. The fourth-order valence-electron chi connectivity index (χ4n) is 1.88. The standard InChI is InChI=1S/C15H19N3O4/c1-4-5-6-13(19)16-15-18-17-14(22-15)11-9-10(20-2)7-8-12(11)21-3/h7-9H,4-6H2,1-3H3,(H,16,18,19). The maximum absolute atomic E-state index is 11.7. The highest BCUT2D eigenvalue weighted by atomic mass is 16.5. The van der Waals surface area contributed by atoms with Crippen LogP contribution in [0.4, 0.5) is 6.01 Å². The molecule has 0 atom stereocenters. The van der Waals surface area contributed by atoms with E-state index in [2.05, 4.69) is 15.5 Å². The lowest BCUT2D eigenvalue weighted by Gasteiger charge is -2.07. The second-order valence-corrected chi connectivity index (χ2v) is 4.63. The quantitative estimate of drug-likeness (QED) is 0.846. The molecule has 1 N–H and O–H groups in total. The van der Waals surface area contributed by atoms with Crippen LogP contribution in [0.15, 0.2) is 22.6 Å². The van der Waals surface area contributed by atoms with Gasteiger partial charge in [-0.15, -0.1) is 5.10 Å². The molecule has 118 valence electrons. The van der Waals surface area contributed by atoms with Crippen LogP contribution >= 0.6 is 0 Å². The van der Waals surface area contributed by atoms with Crippen LogP contribution in [0, 0.1) is 0 Å². The van der Waals surface area contributed by atoms with E-state index in [-0.39, 0.29) is 17.8 Å². The molecule has 0 aliphatic carbocycles. The number of rotatable bonds is 7. The van der Waals surface area contributed by atoms with Gasteiger partial charge in [0.1, 0.15) is 11.5 Å². The third-order valence-electron chi connectivity index (χ3n) is 3.07. The van der Waals surface area contributed by atoms with E-state index in [1.807, 2.05) is 6.92 Å². The number of aromatic nitrogens is 2. The van der Waals surface area contributed by atoms with E-state index < -0.39 is 0 Å². The van der Waals surface area contributed by atoms with E-state index in [1.165, 1.54) is 0 Å². The summed E-state index contributed by atoms with van der Waals surface area (Å²) in [4.78, 5) is 11.7. The summed E-state index contributed by atoms with van der Waals surface area (Å²) in [7, 11) is 3.12. The molecule has 7 heteroatoms. The molecule has 0 bridgehead atoms. The van der Waals surface area contributed by atoms with Gasteiger partial charge in [0.05, 0.1) is 19.8 Å². The number of nitrogens with zero attached hydrogens (tertiary/aromatic N) is 2. The first-order valence-electron chi connectivity index (χ1n) is 7.03. The van der Waals surface area contributed by atoms with Crippen LogP contribution in [0.2, 0.25) is 0 Å². The highest BCUT2D eigenvalue weighted by molar-refractivity contribution is 5.88. The summed E-state index contributed by atoms with van der Waals surface area (Å²) in [5.41, 5.74) is 0.600. The largest absolute Gasteiger partial charge is 0.497 e. The lowest BCUT2D eigenvalue weighted by Crippen LogP contribution is -2.11. The monoisotopic (exact) mass is 305 g/mol. The average molecular weight is 305 g/mol. The number of benzene rings is 1. The highest BCUT2D eigenvalue weighted by Crippen LogP contribution is 2.33. The summed E-state index contributed by atoms with van der Waals surface area (Å²) in [6.45, 7) is 2.02. The minimum absolute atomic E-state index is 0.0703. The van der Waals surface area contributed by atoms with Crippen molar-refractivity contribution in [2.75, 3.05) is 19.5 Å². The molecular formula is C15H19N3O4. The molecule has 0 fully saturated rings. The van der Waals surface area contributed by atoms with Crippen molar-refractivity contribution in [3.8, 4) is 23.0 Å². The Morgan fingerprint density at radius 2 is 2.09 bits per heavy atom. The normalized spacial score (nSPS) is 10.3. The number of hydrogen-bond acceptors (Lipinski definition) is 6. The van der Waals surface area contributed by atoms with Gasteiger partial charge in [0.15, 0.2) is 0 Å². The molecule has 0 unspecified atom stereocenters. The maximum Gasteiger partial charge on any atom is 0.322 e. The van der Waals surface area contributed by atoms with Gasteiger partial charge in [0.2, 0.25) is 5.91 Å². The summed E-state index contributed by atoms with van der Waals surface area (Å²) in [6, 6.07) is 5.32. The number of unbranched alkanes of at least 4 members (excludes halogenated alkanes) is 1. The predicted molar refractivity (Wildman–Crippen MR) is 81.0 cm³/mol. The molecule has 0 aliphatic rings. The van der Waals surface area contributed by atoms with Gasteiger partial charge in [-0.05, 0) is 24.6 Å². The van der Waals surface area contributed by atoms with Crippen LogP contribution in [-0.2, 0) is 4.79 Å². The number of ether oxygens (including phenoxy) is 2. The topological polar surface area (TPSA) is 86.5 Å².